The highest BCUT2D eigenvalue weighted by atomic mass is 79.9. The summed E-state index contributed by atoms with van der Waals surface area (Å²) in [6, 6.07) is 11.9. The van der Waals surface area contributed by atoms with E-state index >= 15 is 0 Å². The van der Waals surface area contributed by atoms with Crippen LogP contribution in [-0.2, 0) is 11.2 Å². The number of halogens is 1. The Kier molecular flexibility index (Phi) is 5.93. The van der Waals surface area contributed by atoms with Crippen LogP contribution in [0.15, 0.2) is 68.9 Å². The molecule has 4 aromatic rings. The molecule has 0 aliphatic carbocycles. The first kappa shape index (κ1) is 22.2. The summed E-state index contributed by atoms with van der Waals surface area (Å²) in [6.07, 6.45) is 3.12. The van der Waals surface area contributed by atoms with Crippen molar-refractivity contribution in [2.45, 2.75) is 13.3 Å². The molecular formula is C23H17BrN4O5. The molecule has 9 nitrogen and oxygen atoms in total. The van der Waals surface area contributed by atoms with Crippen LogP contribution in [0.5, 0.6) is 0 Å². The first-order chi connectivity index (χ1) is 15.7. The van der Waals surface area contributed by atoms with Crippen LogP contribution in [0, 0.1) is 6.92 Å². The zero-order chi connectivity index (χ0) is 23.7. The second-order valence-electron chi connectivity index (χ2n) is 7.36. The second kappa shape index (κ2) is 8.83. The molecule has 0 aliphatic heterocycles. The van der Waals surface area contributed by atoms with E-state index in [1.165, 1.54) is 18.5 Å². The predicted octanol–water partition coefficient (Wildman–Crippen LogP) is 3.02. The van der Waals surface area contributed by atoms with E-state index < -0.39 is 17.2 Å². The fourth-order valence-electron chi connectivity index (χ4n) is 3.36. The lowest BCUT2D eigenvalue weighted by molar-refractivity contribution is -0.115. The summed E-state index contributed by atoms with van der Waals surface area (Å²) in [5.41, 5.74) is 1.12. The fourth-order valence-corrected chi connectivity index (χ4v) is 3.63. The van der Waals surface area contributed by atoms with E-state index in [0.717, 1.165) is 15.6 Å². The molecule has 33 heavy (non-hydrogen) atoms. The summed E-state index contributed by atoms with van der Waals surface area (Å²) in [5.74, 6) is -1.77. The average molecular weight is 509 g/mol. The Bertz CT molecular complexity index is 1520. The molecule has 0 saturated heterocycles. The number of nitrogens with one attached hydrogen (secondary N) is 2. The van der Waals surface area contributed by atoms with Crippen molar-refractivity contribution in [3.05, 3.63) is 96.7 Å². The van der Waals surface area contributed by atoms with E-state index in [-0.39, 0.29) is 29.0 Å². The number of carboxylic acid groups (broad SMARTS) is 1. The Morgan fingerprint density at radius 2 is 1.88 bits per heavy atom. The largest absolute Gasteiger partial charge is 0.476 e. The third-order valence-electron chi connectivity index (χ3n) is 4.96. The molecule has 0 radical (unpaired) electrons. The maximum Gasteiger partial charge on any atom is 0.360 e. The first-order valence-corrected chi connectivity index (χ1v) is 10.6. The van der Waals surface area contributed by atoms with Crippen molar-refractivity contribution in [1.29, 1.82) is 0 Å². The van der Waals surface area contributed by atoms with Crippen LogP contribution in [0.25, 0.3) is 16.7 Å². The van der Waals surface area contributed by atoms with E-state index in [2.05, 4.69) is 31.2 Å². The summed E-state index contributed by atoms with van der Waals surface area (Å²) in [5, 5.41) is 11.8. The topological polar surface area (TPSA) is 134 Å². The number of carbonyl (C=O) groups excluding carboxylic acids is 1. The molecule has 0 bridgehead atoms. The zero-order valence-corrected chi connectivity index (χ0v) is 18.8. The minimum atomic E-state index is -1.43. The number of hydrogen-bond acceptors (Lipinski definition) is 5. The van der Waals surface area contributed by atoms with E-state index in [0.29, 0.717) is 11.2 Å². The van der Waals surface area contributed by atoms with E-state index in [4.69, 9.17) is 0 Å². The van der Waals surface area contributed by atoms with Gasteiger partial charge < -0.3 is 20.0 Å². The number of fused-ring (bicyclic) bond motifs is 1. The maximum absolute atomic E-state index is 12.5. The number of aromatic carboxylic acids is 1. The lowest BCUT2D eigenvalue weighted by Crippen LogP contribution is -2.21. The number of carbonyl (C=O) groups is 2. The standard InChI is InChI=1S/C23H17BrN4O5/c1-12-8-15-16(26-21(23(32)33)22(31)27-15)10-18(12)28-7-6-19(29)17(11-28)25-20(30)9-13-2-4-14(24)5-3-13/h2-8,10-11H,9H2,1H3,(H,25,30)(H,27,31)(H,32,33). The zero-order valence-electron chi connectivity index (χ0n) is 17.3. The molecule has 2 aromatic heterocycles. The van der Waals surface area contributed by atoms with Crippen LogP contribution in [0.3, 0.4) is 0 Å². The number of pyridine rings is 1. The van der Waals surface area contributed by atoms with E-state index in [9.17, 15) is 24.3 Å². The molecule has 0 spiro atoms. The quantitative estimate of drug-likeness (QED) is 0.379. The maximum atomic E-state index is 12.5. The van der Waals surface area contributed by atoms with Gasteiger partial charge in [0.2, 0.25) is 17.0 Å². The highest BCUT2D eigenvalue weighted by molar-refractivity contribution is 9.10. The smallest absolute Gasteiger partial charge is 0.360 e. The SMILES string of the molecule is Cc1cc2[nH]c(=O)c(C(=O)O)nc2cc1-n1ccc(=O)c(NC(=O)Cc2ccc(Br)cc2)c1. The Hall–Kier alpha value is -4.05. The van der Waals surface area contributed by atoms with Gasteiger partial charge in [-0.1, -0.05) is 28.1 Å². The Morgan fingerprint density at radius 3 is 2.58 bits per heavy atom. The Labute approximate surface area is 194 Å². The van der Waals surface area contributed by atoms with Crippen molar-refractivity contribution in [2.24, 2.45) is 0 Å². The van der Waals surface area contributed by atoms with E-state index in [1.807, 2.05) is 24.3 Å². The van der Waals surface area contributed by atoms with Crippen molar-refractivity contribution >= 4 is 44.5 Å². The van der Waals surface area contributed by atoms with Crippen molar-refractivity contribution in [3.8, 4) is 5.69 Å². The van der Waals surface area contributed by atoms with Crippen LogP contribution < -0.4 is 16.3 Å². The average Bonchev–Trinajstić information content (AvgIpc) is 2.76. The summed E-state index contributed by atoms with van der Waals surface area (Å²) >= 11 is 3.34. The van der Waals surface area contributed by atoms with Crippen molar-refractivity contribution in [2.75, 3.05) is 5.32 Å². The number of rotatable bonds is 5. The molecule has 4 rings (SSSR count). The number of aryl methyl sites for hydroxylation is 1. The number of hydrogen-bond donors (Lipinski definition) is 3. The molecule has 10 heteroatoms. The number of aromatic nitrogens is 3. The minimum absolute atomic E-state index is 0.0970. The number of carboxylic acids is 1. The van der Waals surface area contributed by atoms with Crippen LogP contribution in [0.4, 0.5) is 5.69 Å². The van der Waals surface area contributed by atoms with Gasteiger partial charge in [0, 0.05) is 22.9 Å². The van der Waals surface area contributed by atoms with Gasteiger partial charge in [-0.2, -0.15) is 0 Å². The molecule has 166 valence electrons. The highest BCUT2D eigenvalue weighted by Crippen LogP contribution is 2.20. The molecule has 1 amide bonds. The van der Waals surface area contributed by atoms with Crippen molar-refractivity contribution in [1.82, 2.24) is 14.5 Å². The number of benzene rings is 2. The monoisotopic (exact) mass is 508 g/mol. The normalized spacial score (nSPS) is 10.8. The molecule has 2 aromatic carbocycles. The lowest BCUT2D eigenvalue weighted by Gasteiger charge is -2.13. The number of amides is 1. The first-order valence-electron chi connectivity index (χ1n) is 9.76. The molecule has 0 atom stereocenters. The molecule has 3 N–H and O–H groups in total. The number of aromatic amines is 1. The third-order valence-corrected chi connectivity index (χ3v) is 5.49. The van der Waals surface area contributed by atoms with Gasteiger partial charge in [0.05, 0.1) is 23.1 Å². The fraction of sp³-hybridized carbons (Fsp3) is 0.0870. The number of nitrogens with zero attached hydrogens (tertiary/aromatic N) is 2. The second-order valence-corrected chi connectivity index (χ2v) is 8.27. The van der Waals surface area contributed by atoms with Gasteiger partial charge in [0.15, 0.2) is 0 Å². The lowest BCUT2D eigenvalue weighted by atomic mass is 10.1. The van der Waals surface area contributed by atoms with Gasteiger partial charge in [0.25, 0.3) is 5.56 Å². The molecular weight excluding hydrogens is 492 g/mol. The van der Waals surface area contributed by atoms with Crippen molar-refractivity contribution in [3.63, 3.8) is 0 Å². The molecule has 0 saturated carbocycles. The Balaban J connectivity index is 1.68. The summed E-state index contributed by atoms with van der Waals surface area (Å²) < 4.78 is 2.52. The van der Waals surface area contributed by atoms with Gasteiger partial charge in [-0.3, -0.25) is 14.4 Å². The van der Waals surface area contributed by atoms with Gasteiger partial charge in [-0.25, -0.2) is 9.78 Å². The van der Waals surface area contributed by atoms with E-state index in [1.54, 1.807) is 23.6 Å². The van der Waals surface area contributed by atoms with Gasteiger partial charge in [-0.05, 0) is 42.3 Å². The summed E-state index contributed by atoms with van der Waals surface area (Å²) in [7, 11) is 0. The van der Waals surface area contributed by atoms with Gasteiger partial charge in [0.1, 0.15) is 5.69 Å². The highest BCUT2D eigenvalue weighted by Gasteiger charge is 2.14. The van der Waals surface area contributed by atoms with Crippen LogP contribution in [0.1, 0.15) is 21.6 Å². The minimum Gasteiger partial charge on any atom is -0.476 e. The molecule has 0 unspecified atom stereocenters. The summed E-state index contributed by atoms with van der Waals surface area (Å²) in [6.45, 7) is 1.79. The van der Waals surface area contributed by atoms with Crippen LogP contribution in [0.2, 0.25) is 0 Å². The molecule has 0 aliphatic rings. The number of anilines is 1. The third kappa shape index (κ3) is 4.75. The molecule has 0 fully saturated rings. The number of H-pyrrole nitrogens is 1. The van der Waals surface area contributed by atoms with Crippen LogP contribution in [-0.4, -0.2) is 31.5 Å². The van der Waals surface area contributed by atoms with Crippen LogP contribution >= 0.6 is 15.9 Å². The van der Waals surface area contributed by atoms with Gasteiger partial charge in [-0.15, -0.1) is 0 Å². The molecule has 2 heterocycles. The summed E-state index contributed by atoms with van der Waals surface area (Å²) in [4.78, 5) is 54.4. The predicted molar refractivity (Wildman–Crippen MR) is 126 cm³/mol. The van der Waals surface area contributed by atoms with Crippen molar-refractivity contribution < 1.29 is 14.7 Å². The Morgan fingerprint density at radius 1 is 1.15 bits per heavy atom. The van der Waals surface area contributed by atoms with Gasteiger partial charge >= 0.3 is 5.97 Å².